The van der Waals surface area contributed by atoms with E-state index in [-0.39, 0.29) is 18.5 Å². The molecule has 0 bridgehead atoms. The number of carbonyl (C=O) groups excluding carboxylic acids is 1. The number of hydrogen-bond acceptors (Lipinski definition) is 6. The minimum Gasteiger partial charge on any atom is -0.472 e. The molecule has 124 valence electrons. The van der Waals surface area contributed by atoms with Crippen molar-refractivity contribution < 1.29 is 19.5 Å². The maximum atomic E-state index is 12.2. The molecule has 0 aliphatic rings. The van der Waals surface area contributed by atoms with Gasteiger partial charge in [0.15, 0.2) is 0 Å². The van der Waals surface area contributed by atoms with Gasteiger partial charge in [0.05, 0.1) is 18.4 Å². The Morgan fingerprint density at radius 2 is 2.17 bits per heavy atom. The summed E-state index contributed by atoms with van der Waals surface area (Å²) in [4.78, 5) is 13.9. The molecule has 0 unspecified atom stereocenters. The Bertz CT molecular complexity index is 657. The van der Waals surface area contributed by atoms with Gasteiger partial charge < -0.3 is 14.7 Å². The van der Waals surface area contributed by atoms with Crippen molar-refractivity contribution in [2.45, 2.75) is 31.8 Å². The van der Waals surface area contributed by atoms with Crippen LogP contribution in [0.4, 0.5) is 0 Å². The molecule has 0 spiro atoms. The molecule has 0 atom stereocenters. The molecule has 1 heterocycles. The Morgan fingerprint density at radius 3 is 2.83 bits per heavy atom. The van der Waals surface area contributed by atoms with Crippen molar-refractivity contribution in [3.8, 4) is 5.88 Å². The summed E-state index contributed by atoms with van der Waals surface area (Å²) in [5.41, 5.74) is 1.27. The third-order valence-electron chi connectivity index (χ3n) is 3.01. The summed E-state index contributed by atoms with van der Waals surface area (Å²) in [5, 5.41) is 12.9. The molecule has 0 saturated carbocycles. The number of thioether (sulfide) groups is 1. The predicted molar refractivity (Wildman–Crippen MR) is 87.2 cm³/mol. The second-order valence-electron chi connectivity index (χ2n) is 4.71. The fraction of sp³-hybridized carbons (Fsp3) is 0.375. The van der Waals surface area contributed by atoms with Gasteiger partial charge in [0.2, 0.25) is 5.88 Å². The number of rotatable bonds is 8. The lowest BCUT2D eigenvalue weighted by Gasteiger charge is -2.13. The average Bonchev–Trinajstić information content (AvgIpc) is 2.97. The largest absolute Gasteiger partial charge is 0.472 e. The van der Waals surface area contributed by atoms with Crippen molar-refractivity contribution >= 4 is 17.7 Å². The van der Waals surface area contributed by atoms with Crippen LogP contribution in [0, 0.1) is 0 Å². The van der Waals surface area contributed by atoms with Crippen molar-refractivity contribution in [3.05, 3.63) is 41.6 Å². The zero-order valence-electron chi connectivity index (χ0n) is 13.2. The number of carbonyl (C=O) groups is 1. The first-order chi connectivity index (χ1) is 11.2. The van der Waals surface area contributed by atoms with Crippen LogP contribution >= 0.6 is 11.8 Å². The van der Waals surface area contributed by atoms with E-state index in [4.69, 9.17) is 9.47 Å². The molecule has 0 saturated heterocycles. The minimum atomic E-state index is -0.350. The van der Waals surface area contributed by atoms with E-state index in [2.05, 4.69) is 5.10 Å². The Labute approximate surface area is 139 Å². The lowest BCUT2D eigenvalue weighted by atomic mass is 10.1. The zero-order valence-corrected chi connectivity index (χ0v) is 14.0. The van der Waals surface area contributed by atoms with Gasteiger partial charge in [-0.1, -0.05) is 25.0 Å². The van der Waals surface area contributed by atoms with Gasteiger partial charge in [-0.05, 0) is 24.3 Å². The summed E-state index contributed by atoms with van der Waals surface area (Å²) < 4.78 is 10.8. The monoisotopic (exact) mass is 336 g/mol. The first kappa shape index (κ1) is 17.2. The van der Waals surface area contributed by atoms with Gasteiger partial charge in [-0.3, -0.25) is 0 Å². The highest BCUT2D eigenvalue weighted by Gasteiger charge is 2.17. The highest BCUT2D eigenvalue weighted by Crippen LogP contribution is 2.27. The summed E-state index contributed by atoms with van der Waals surface area (Å²) in [6.45, 7) is 4.56. The van der Waals surface area contributed by atoms with Crippen LogP contribution in [0.3, 0.4) is 0 Å². The van der Waals surface area contributed by atoms with E-state index in [1.54, 1.807) is 23.9 Å². The van der Waals surface area contributed by atoms with Crippen LogP contribution in [0.15, 0.2) is 35.4 Å². The molecule has 0 aliphatic heterocycles. The van der Waals surface area contributed by atoms with Crippen molar-refractivity contribution in [1.29, 1.82) is 0 Å². The van der Waals surface area contributed by atoms with E-state index in [1.165, 1.54) is 6.20 Å². The molecule has 1 N–H and O–H groups in total. The standard InChI is InChI=1S/C16H20N2O4S/c1-3-10-21-16(19)12-6-5-7-14(23-4-2)13(12)11-22-15-8-9-18(20)17-15/h5-9,20H,3-4,10-11H2,1-2H3. The van der Waals surface area contributed by atoms with Gasteiger partial charge in [0, 0.05) is 16.5 Å². The molecular formula is C16H20N2O4S. The van der Waals surface area contributed by atoms with Crippen LogP contribution in [-0.2, 0) is 11.3 Å². The molecule has 0 aliphatic carbocycles. The third kappa shape index (κ3) is 4.66. The lowest BCUT2D eigenvalue weighted by molar-refractivity contribution is 0.0501. The molecule has 0 amide bonds. The zero-order chi connectivity index (χ0) is 16.7. The van der Waals surface area contributed by atoms with E-state index in [9.17, 15) is 10.0 Å². The fourth-order valence-corrected chi connectivity index (χ4v) is 2.82. The van der Waals surface area contributed by atoms with Gasteiger partial charge in [0.25, 0.3) is 0 Å². The van der Waals surface area contributed by atoms with Crippen LogP contribution in [-0.4, -0.2) is 33.5 Å². The van der Waals surface area contributed by atoms with E-state index in [0.29, 0.717) is 17.0 Å². The highest BCUT2D eigenvalue weighted by atomic mass is 32.2. The number of benzene rings is 1. The van der Waals surface area contributed by atoms with E-state index in [1.807, 2.05) is 26.0 Å². The van der Waals surface area contributed by atoms with Crippen LogP contribution in [0.5, 0.6) is 5.88 Å². The summed E-state index contributed by atoms with van der Waals surface area (Å²) >= 11 is 1.63. The van der Waals surface area contributed by atoms with Gasteiger partial charge in [0.1, 0.15) is 6.61 Å². The number of hydrogen-bond donors (Lipinski definition) is 1. The third-order valence-corrected chi connectivity index (χ3v) is 3.99. The van der Waals surface area contributed by atoms with Gasteiger partial charge in [-0.25, -0.2) is 4.79 Å². The van der Waals surface area contributed by atoms with Crippen molar-refractivity contribution in [3.63, 3.8) is 0 Å². The normalized spacial score (nSPS) is 10.5. The molecule has 0 fully saturated rings. The van der Waals surface area contributed by atoms with Crippen molar-refractivity contribution in [2.75, 3.05) is 12.4 Å². The van der Waals surface area contributed by atoms with Gasteiger partial charge >= 0.3 is 5.97 Å². The van der Waals surface area contributed by atoms with Gasteiger partial charge in [-0.2, -0.15) is 0 Å². The minimum absolute atomic E-state index is 0.177. The van der Waals surface area contributed by atoms with Gasteiger partial charge in [-0.15, -0.1) is 16.6 Å². The second-order valence-corrected chi connectivity index (χ2v) is 6.02. The van der Waals surface area contributed by atoms with E-state index in [0.717, 1.165) is 22.6 Å². The molecule has 2 rings (SSSR count). The molecule has 1 aromatic heterocycles. The predicted octanol–water partition coefficient (Wildman–Crippen LogP) is 3.38. The molecule has 23 heavy (non-hydrogen) atoms. The summed E-state index contributed by atoms with van der Waals surface area (Å²) in [6, 6.07) is 7.08. The molecule has 6 nitrogen and oxygen atoms in total. The van der Waals surface area contributed by atoms with Crippen LogP contribution < -0.4 is 4.74 Å². The average molecular weight is 336 g/mol. The Balaban J connectivity index is 2.23. The number of esters is 1. The molecule has 7 heteroatoms. The maximum absolute atomic E-state index is 12.2. The van der Waals surface area contributed by atoms with Crippen LogP contribution in [0.25, 0.3) is 0 Å². The lowest BCUT2D eigenvalue weighted by Crippen LogP contribution is -2.12. The summed E-state index contributed by atoms with van der Waals surface area (Å²) in [5.74, 6) is 0.819. The molecule has 1 aromatic carbocycles. The van der Waals surface area contributed by atoms with Crippen LogP contribution in [0.1, 0.15) is 36.2 Å². The SMILES string of the molecule is CCCOC(=O)c1cccc(SCC)c1COc1ccn(O)n1. The van der Waals surface area contributed by atoms with E-state index >= 15 is 0 Å². The maximum Gasteiger partial charge on any atom is 0.338 e. The number of nitrogens with zero attached hydrogens (tertiary/aromatic N) is 2. The summed E-state index contributed by atoms with van der Waals surface area (Å²) in [7, 11) is 0. The summed E-state index contributed by atoms with van der Waals surface area (Å²) in [6.07, 6.45) is 2.15. The van der Waals surface area contributed by atoms with E-state index < -0.39 is 0 Å². The first-order valence-electron chi connectivity index (χ1n) is 7.45. The molecular weight excluding hydrogens is 316 g/mol. The number of aromatic nitrogens is 2. The Morgan fingerprint density at radius 1 is 1.35 bits per heavy atom. The first-order valence-corrected chi connectivity index (χ1v) is 8.43. The topological polar surface area (TPSA) is 73.6 Å². The second kappa shape index (κ2) is 8.47. The Hall–Kier alpha value is -2.15. The molecule has 0 radical (unpaired) electrons. The highest BCUT2D eigenvalue weighted by molar-refractivity contribution is 7.99. The number of ether oxygens (including phenoxy) is 2. The van der Waals surface area contributed by atoms with Crippen molar-refractivity contribution in [1.82, 2.24) is 9.94 Å². The molecule has 2 aromatic rings. The fourth-order valence-electron chi connectivity index (χ4n) is 1.99. The smallest absolute Gasteiger partial charge is 0.338 e. The Kier molecular flexibility index (Phi) is 6.34. The van der Waals surface area contributed by atoms with Crippen LogP contribution in [0.2, 0.25) is 0 Å². The van der Waals surface area contributed by atoms with Crippen molar-refractivity contribution in [2.24, 2.45) is 0 Å². The quantitative estimate of drug-likeness (QED) is 0.452.